The lowest BCUT2D eigenvalue weighted by atomic mass is 10.2. The minimum atomic E-state index is -0.187. The Morgan fingerprint density at radius 3 is 2.33 bits per heavy atom. The summed E-state index contributed by atoms with van der Waals surface area (Å²) in [6.45, 7) is 1.75. The number of nitrogens with zero attached hydrogens (tertiary/aromatic N) is 2. The fraction of sp³-hybridized carbons (Fsp3) is 0.167. The molecule has 1 amide bonds. The summed E-state index contributed by atoms with van der Waals surface area (Å²) in [5, 5.41) is 9.71. The number of halogens is 2. The molecule has 0 saturated carbocycles. The number of carbonyl (C=O) groups is 1. The first kappa shape index (κ1) is 12.9. The van der Waals surface area contributed by atoms with Gasteiger partial charge < -0.3 is 5.11 Å². The Morgan fingerprint density at radius 1 is 1.33 bits per heavy atom. The van der Waals surface area contributed by atoms with E-state index < -0.39 is 0 Å². The third-order valence-corrected chi connectivity index (χ3v) is 3.21. The topological polar surface area (TPSA) is 52.9 Å². The normalized spacial score (nSPS) is 17.6. The van der Waals surface area contributed by atoms with Crippen LogP contribution in [0, 0.1) is 0 Å². The second kappa shape index (κ2) is 4.63. The second-order valence-electron chi connectivity index (χ2n) is 3.89. The van der Waals surface area contributed by atoms with E-state index in [1.165, 1.54) is 17.0 Å². The molecule has 0 spiro atoms. The minimum Gasteiger partial charge on any atom is -0.505 e. The summed E-state index contributed by atoms with van der Waals surface area (Å²) in [5.41, 5.74) is 0.922. The summed E-state index contributed by atoms with van der Waals surface area (Å²) in [6, 6.07) is 3.04. The van der Waals surface area contributed by atoms with Crippen molar-refractivity contribution in [2.45, 2.75) is 6.92 Å². The maximum absolute atomic E-state index is 11.8. The maximum atomic E-state index is 11.8. The van der Waals surface area contributed by atoms with E-state index in [1.54, 1.807) is 20.0 Å². The molecule has 0 fully saturated rings. The van der Waals surface area contributed by atoms with Crippen molar-refractivity contribution in [3.8, 4) is 5.75 Å². The van der Waals surface area contributed by atoms with Crippen molar-refractivity contribution < 1.29 is 9.90 Å². The standard InChI is InChI=1S/C12H10Cl2N2O2/c1-6-15-10(12(18)16(6)2)5-7-3-8(13)11(17)9(14)4-7/h3-5,17H,1-2H3/b10-5-. The number of aliphatic imine (C=N–C) groups is 1. The van der Waals surface area contributed by atoms with Gasteiger partial charge in [0.1, 0.15) is 11.5 Å². The van der Waals surface area contributed by atoms with Crippen molar-refractivity contribution in [2.24, 2.45) is 4.99 Å². The maximum Gasteiger partial charge on any atom is 0.277 e. The van der Waals surface area contributed by atoms with Gasteiger partial charge in [-0.3, -0.25) is 9.69 Å². The number of likely N-dealkylation sites (N-methyl/N-ethyl adjacent to an activating group) is 1. The monoisotopic (exact) mass is 284 g/mol. The molecule has 0 radical (unpaired) electrons. The van der Waals surface area contributed by atoms with Gasteiger partial charge in [-0.05, 0) is 30.7 Å². The number of phenolic OH excluding ortho intramolecular Hbond substituents is 1. The third-order valence-electron chi connectivity index (χ3n) is 2.63. The van der Waals surface area contributed by atoms with E-state index in [2.05, 4.69) is 4.99 Å². The number of amidine groups is 1. The lowest BCUT2D eigenvalue weighted by Gasteiger charge is -2.06. The number of phenols is 1. The molecule has 1 aromatic rings. The molecular weight excluding hydrogens is 275 g/mol. The number of benzene rings is 1. The molecule has 4 nitrogen and oxygen atoms in total. The molecule has 0 atom stereocenters. The molecule has 18 heavy (non-hydrogen) atoms. The number of amides is 1. The molecule has 2 rings (SSSR count). The van der Waals surface area contributed by atoms with E-state index in [0.29, 0.717) is 17.1 Å². The molecule has 94 valence electrons. The average Bonchev–Trinajstić information content (AvgIpc) is 2.54. The molecule has 1 aromatic carbocycles. The highest BCUT2D eigenvalue weighted by atomic mass is 35.5. The molecular formula is C12H10Cl2N2O2. The van der Waals surface area contributed by atoms with Crippen molar-refractivity contribution in [3.63, 3.8) is 0 Å². The van der Waals surface area contributed by atoms with Crippen LogP contribution in [0.3, 0.4) is 0 Å². The zero-order valence-electron chi connectivity index (χ0n) is 9.74. The van der Waals surface area contributed by atoms with E-state index >= 15 is 0 Å². The molecule has 0 saturated heterocycles. The van der Waals surface area contributed by atoms with Crippen molar-refractivity contribution in [3.05, 3.63) is 33.4 Å². The van der Waals surface area contributed by atoms with Gasteiger partial charge in [-0.25, -0.2) is 4.99 Å². The smallest absolute Gasteiger partial charge is 0.277 e. The van der Waals surface area contributed by atoms with Crippen LogP contribution in [0.4, 0.5) is 0 Å². The van der Waals surface area contributed by atoms with Crippen LogP contribution >= 0.6 is 23.2 Å². The lowest BCUT2D eigenvalue weighted by molar-refractivity contribution is -0.121. The predicted molar refractivity (Wildman–Crippen MR) is 72.0 cm³/mol. The van der Waals surface area contributed by atoms with E-state index in [4.69, 9.17) is 23.2 Å². The van der Waals surface area contributed by atoms with Crippen molar-refractivity contribution in [1.29, 1.82) is 0 Å². The molecule has 6 heteroatoms. The molecule has 0 aromatic heterocycles. The van der Waals surface area contributed by atoms with Gasteiger partial charge in [0.2, 0.25) is 0 Å². The number of hydrogen-bond donors (Lipinski definition) is 1. The third kappa shape index (κ3) is 2.21. The fourth-order valence-corrected chi connectivity index (χ4v) is 2.04. The first-order chi connectivity index (χ1) is 8.40. The van der Waals surface area contributed by atoms with Crippen LogP contribution in [-0.2, 0) is 4.79 Å². The number of carbonyl (C=O) groups excluding carboxylic acids is 1. The Morgan fingerprint density at radius 2 is 1.89 bits per heavy atom. The Kier molecular flexibility index (Phi) is 3.32. The largest absolute Gasteiger partial charge is 0.505 e. The molecule has 1 heterocycles. The Labute approximate surface area is 114 Å². The Hall–Kier alpha value is -1.52. The molecule has 1 aliphatic rings. The Bertz CT molecular complexity index is 571. The second-order valence-corrected chi connectivity index (χ2v) is 4.70. The van der Waals surface area contributed by atoms with Crippen LogP contribution < -0.4 is 0 Å². The van der Waals surface area contributed by atoms with Gasteiger partial charge in [-0.1, -0.05) is 23.2 Å². The van der Waals surface area contributed by atoms with Crippen LogP contribution in [0.1, 0.15) is 12.5 Å². The number of aromatic hydroxyl groups is 1. The minimum absolute atomic E-state index is 0.133. The summed E-state index contributed by atoms with van der Waals surface area (Å²) in [6.07, 6.45) is 1.58. The molecule has 0 aliphatic carbocycles. The van der Waals surface area contributed by atoms with Gasteiger partial charge in [0.05, 0.1) is 10.0 Å². The lowest BCUT2D eigenvalue weighted by Crippen LogP contribution is -2.25. The van der Waals surface area contributed by atoms with Gasteiger partial charge in [0, 0.05) is 7.05 Å². The first-order valence-electron chi connectivity index (χ1n) is 5.13. The van der Waals surface area contributed by atoms with Crippen LogP contribution in [0.15, 0.2) is 22.8 Å². The summed E-state index contributed by atoms with van der Waals surface area (Å²) < 4.78 is 0. The number of rotatable bonds is 1. The summed E-state index contributed by atoms with van der Waals surface area (Å²) in [7, 11) is 1.65. The highest BCUT2D eigenvalue weighted by molar-refractivity contribution is 6.37. The van der Waals surface area contributed by atoms with E-state index in [1.807, 2.05) is 0 Å². The average molecular weight is 285 g/mol. The van der Waals surface area contributed by atoms with Gasteiger partial charge in [-0.2, -0.15) is 0 Å². The summed E-state index contributed by atoms with van der Waals surface area (Å²) in [5.74, 6) is 0.269. The van der Waals surface area contributed by atoms with E-state index in [-0.39, 0.29) is 21.7 Å². The summed E-state index contributed by atoms with van der Waals surface area (Å²) >= 11 is 11.6. The van der Waals surface area contributed by atoms with Crippen molar-refractivity contribution in [1.82, 2.24) is 4.90 Å². The zero-order chi connectivity index (χ0) is 13.4. The zero-order valence-corrected chi connectivity index (χ0v) is 11.2. The SMILES string of the molecule is CC1=N/C(=C\c2cc(Cl)c(O)c(Cl)c2)C(=O)N1C. The fourth-order valence-electron chi connectivity index (χ4n) is 1.54. The quantitative estimate of drug-likeness (QED) is 0.806. The number of hydrogen-bond acceptors (Lipinski definition) is 3. The van der Waals surface area contributed by atoms with Crippen LogP contribution in [0.2, 0.25) is 10.0 Å². The van der Waals surface area contributed by atoms with Crippen LogP contribution in [-0.4, -0.2) is 28.8 Å². The van der Waals surface area contributed by atoms with E-state index in [9.17, 15) is 9.90 Å². The predicted octanol–water partition coefficient (Wildman–Crippen LogP) is 2.93. The Balaban J connectivity index is 2.44. The van der Waals surface area contributed by atoms with Gasteiger partial charge in [-0.15, -0.1) is 0 Å². The summed E-state index contributed by atoms with van der Waals surface area (Å²) in [4.78, 5) is 17.4. The van der Waals surface area contributed by atoms with Gasteiger partial charge >= 0.3 is 0 Å². The van der Waals surface area contributed by atoms with Gasteiger partial charge in [0.15, 0.2) is 5.75 Å². The highest BCUT2D eigenvalue weighted by Crippen LogP contribution is 2.33. The highest BCUT2D eigenvalue weighted by Gasteiger charge is 2.23. The molecule has 1 N–H and O–H groups in total. The first-order valence-corrected chi connectivity index (χ1v) is 5.89. The van der Waals surface area contributed by atoms with Crippen LogP contribution in [0.25, 0.3) is 6.08 Å². The van der Waals surface area contributed by atoms with Crippen molar-refractivity contribution in [2.75, 3.05) is 7.05 Å². The van der Waals surface area contributed by atoms with E-state index in [0.717, 1.165) is 0 Å². The van der Waals surface area contributed by atoms with Crippen LogP contribution in [0.5, 0.6) is 5.75 Å². The van der Waals surface area contributed by atoms with Crippen molar-refractivity contribution >= 4 is 41.0 Å². The molecule has 1 aliphatic heterocycles. The molecule has 0 bridgehead atoms. The van der Waals surface area contributed by atoms with Gasteiger partial charge in [0.25, 0.3) is 5.91 Å². The molecule has 0 unspecified atom stereocenters.